The number of halogens is 1. The predicted octanol–water partition coefficient (Wildman–Crippen LogP) is 2.39. The Morgan fingerprint density at radius 3 is 2.46 bits per heavy atom. The van der Waals surface area contributed by atoms with Gasteiger partial charge in [0, 0.05) is 4.90 Å². The highest BCUT2D eigenvalue weighted by Gasteiger charge is 2.11. The van der Waals surface area contributed by atoms with Gasteiger partial charge in [-0.25, -0.2) is 4.39 Å². The van der Waals surface area contributed by atoms with E-state index in [2.05, 4.69) is 0 Å². The van der Waals surface area contributed by atoms with Crippen LogP contribution in [0.2, 0.25) is 0 Å². The second-order valence-corrected chi connectivity index (χ2v) is 3.97. The fourth-order valence-electron chi connectivity index (χ4n) is 0.768. The first-order chi connectivity index (χ1) is 6.09. The van der Waals surface area contributed by atoms with Crippen LogP contribution in [0, 0.1) is 5.82 Å². The Morgan fingerprint density at radius 2 is 2.00 bits per heavy atom. The molecular formula is C9H9FO2S. The van der Waals surface area contributed by atoms with Crippen molar-refractivity contribution in [3.8, 4) is 0 Å². The molecule has 1 N–H and O–H groups in total. The Hall–Kier alpha value is -1.03. The molecule has 0 aromatic heterocycles. The van der Waals surface area contributed by atoms with Gasteiger partial charge in [0.25, 0.3) is 0 Å². The van der Waals surface area contributed by atoms with E-state index in [4.69, 9.17) is 5.11 Å². The summed E-state index contributed by atoms with van der Waals surface area (Å²) in [4.78, 5) is 11.2. The Bertz CT molecular complexity index is 297. The fourth-order valence-corrected chi connectivity index (χ4v) is 1.57. The van der Waals surface area contributed by atoms with Gasteiger partial charge in [-0.15, -0.1) is 11.8 Å². The van der Waals surface area contributed by atoms with Crippen molar-refractivity contribution < 1.29 is 14.3 Å². The maximum absolute atomic E-state index is 12.5. The molecular weight excluding hydrogens is 191 g/mol. The largest absolute Gasteiger partial charge is 0.480 e. The number of benzene rings is 1. The molecule has 0 aliphatic carbocycles. The summed E-state index contributed by atoms with van der Waals surface area (Å²) in [5.41, 5.74) is 0. The van der Waals surface area contributed by atoms with Crippen molar-refractivity contribution in [1.82, 2.24) is 0 Å². The van der Waals surface area contributed by atoms with Crippen molar-refractivity contribution in [1.29, 1.82) is 0 Å². The van der Waals surface area contributed by atoms with Crippen molar-refractivity contribution in [2.24, 2.45) is 0 Å². The number of carbonyl (C=O) groups is 1. The summed E-state index contributed by atoms with van der Waals surface area (Å²) >= 11 is 1.19. The third-order valence-electron chi connectivity index (χ3n) is 1.47. The van der Waals surface area contributed by atoms with Crippen molar-refractivity contribution >= 4 is 17.7 Å². The van der Waals surface area contributed by atoms with Gasteiger partial charge in [-0.2, -0.15) is 0 Å². The summed E-state index contributed by atoms with van der Waals surface area (Å²) in [7, 11) is 0. The van der Waals surface area contributed by atoms with Crippen LogP contribution in [0.5, 0.6) is 0 Å². The maximum atomic E-state index is 12.5. The van der Waals surface area contributed by atoms with Crippen LogP contribution in [0.15, 0.2) is 29.2 Å². The summed E-state index contributed by atoms with van der Waals surface area (Å²) < 4.78 is 12.5. The molecule has 1 aromatic rings. The molecule has 0 spiro atoms. The molecule has 1 atom stereocenters. The summed E-state index contributed by atoms with van der Waals surface area (Å²) in [6.07, 6.45) is 0. The highest BCUT2D eigenvalue weighted by atomic mass is 32.2. The van der Waals surface area contributed by atoms with Gasteiger partial charge in [-0.1, -0.05) is 0 Å². The van der Waals surface area contributed by atoms with Crippen LogP contribution in [0.1, 0.15) is 6.92 Å². The van der Waals surface area contributed by atoms with Crippen LogP contribution in [-0.4, -0.2) is 16.3 Å². The number of hydrogen-bond acceptors (Lipinski definition) is 2. The average Bonchev–Trinajstić information content (AvgIpc) is 2.08. The Morgan fingerprint density at radius 1 is 1.46 bits per heavy atom. The molecule has 0 saturated carbocycles. The van der Waals surface area contributed by atoms with E-state index in [1.165, 1.54) is 23.9 Å². The first-order valence-electron chi connectivity index (χ1n) is 3.74. The van der Waals surface area contributed by atoms with E-state index in [0.717, 1.165) is 4.90 Å². The first kappa shape index (κ1) is 10.1. The SMILES string of the molecule is C[C@@H](Sc1ccc(F)cc1)C(=O)O. The van der Waals surface area contributed by atoms with Crippen molar-refractivity contribution in [2.45, 2.75) is 17.1 Å². The fraction of sp³-hybridized carbons (Fsp3) is 0.222. The highest BCUT2D eigenvalue weighted by molar-refractivity contribution is 8.00. The second-order valence-electron chi connectivity index (χ2n) is 2.55. The summed E-state index contributed by atoms with van der Waals surface area (Å²) in [6, 6.07) is 5.77. The van der Waals surface area contributed by atoms with E-state index in [1.807, 2.05) is 0 Å². The number of thioether (sulfide) groups is 1. The molecule has 0 aliphatic rings. The monoisotopic (exact) mass is 200 g/mol. The zero-order chi connectivity index (χ0) is 9.84. The lowest BCUT2D eigenvalue weighted by molar-refractivity contribution is -0.136. The van der Waals surface area contributed by atoms with E-state index in [9.17, 15) is 9.18 Å². The zero-order valence-corrected chi connectivity index (χ0v) is 7.84. The number of hydrogen-bond donors (Lipinski definition) is 1. The molecule has 0 radical (unpaired) electrons. The standard InChI is InChI=1S/C9H9FO2S/c1-6(9(11)12)13-8-4-2-7(10)3-5-8/h2-6H,1H3,(H,11,12)/t6-/m1/s1. The van der Waals surface area contributed by atoms with Gasteiger partial charge in [-0.3, -0.25) is 4.79 Å². The van der Waals surface area contributed by atoms with Crippen LogP contribution in [0.3, 0.4) is 0 Å². The Kier molecular flexibility index (Phi) is 3.31. The highest BCUT2D eigenvalue weighted by Crippen LogP contribution is 2.23. The van der Waals surface area contributed by atoms with Gasteiger partial charge in [0.05, 0.1) is 0 Å². The summed E-state index contributed by atoms with van der Waals surface area (Å²) in [6.45, 7) is 1.59. The predicted molar refractivity (Wildman–Crippen MR) is 49.4 cm³/mol. The normalized spacial score (nSPS) is 12.5. The van der Waals surface area contributed by atoms with Crippen molar-refractivity contribution in [3.63, 3.8) is 0 Å². The van der Waals surface area contributed by atoms with Crippen LogP contribution >= 0.6 is 11.8 Å². The lowest BCUT2D eigenvalue weighted by Crippen LogP contribution is -2.10. The van der Waals surface area contributed by atoms with Gasteiger partial charge < -0.3 is 5.11 Å². The topological polar surface area (TPSA) is 37.3 Å². The van der Waals surface area contributed by atoms with Gasteiger partial charge in [0.1, 0.15) is 11.1 Å². The molecule has 0 saturated heterocycles. The molecule has 0 aliphatic heterocycles. The number of rotatable bonds is 3. The quantitative estimate of drug-likeness (QED) is 0.761. The molecule has 0 fully saturated rings. The second kappa shape index (κ2) is 4.28. The van der Waals surface area contributed by atoms with Gasteiger partial charge in [-0.05, 0) is 31.2 Å². The van der Waals surface area contributed by atoms with Gasteiger partial charge in [0.15, 0.2) is 0 Å². The molecule has 2 nitrogen and oxygen atoms in total. The van der Waals surface area contributed by atoms with Crippen LogP contribution in [0.4, 0.5) is 4.39 Å². The van der Waals surface area contributed by atoms with E-state index in [1.54, 1.807) is 19.1 Å². The molecule has 0 heterocycles. The van der Waals surface area contributed by atoms with Gasteiger partial charge in [0.2, 0.25) is 0 Å². The van der Waals surface area contributed by atoms with E-state index in [-0.39, 0.29) is 5.82 Å². The lowest BCUT2D eigenvalue weighted by atomic mass is 10.3. The molecule has 0 bridgehead atoms. The lowest BCUT2D eigenvalue weighted by Gasteiger charge is -2.04. The zero-order valence-electron chi connectivity index (χ0n) is 7.03. The molecule has 4 heteroatoms. The molecule has 70 valence electrons. The third kappa shape index (κ3) is 3.06. The number of carboxylic acid groups (broad SMARTS) is 1. The van der Waals surface area contributed by atoms with Crippen LogP contribution in [-0.2, 0) is 4.79 Å². The molecule has 0 unspecified atom stereocenters. The minimum absolute atomic E-state index is 0.313. The van der Waals surface area contributed by atoms with Crippen molar-refractivity contribution in [3.05, 3.63) is 30.1 Å². The third-order valence-corrected chi connectivity index (χ3v) is 2.57. The summed E-state index contributed by atoms with van der Waals surface area (Å²) in [5.74, 6) is -1.18. The van der Waals surface area contributed by atoms with E-state index < -0.39 is 11.2 Å². The van der Waals surface area contributed by atoms with Gasteiger partial charge >= 0.3 is 5.97 Å². The van der Waals surface area contributed by atoms with Crippen LogP contribution < -0.4 is 0 Å². The first-order valence-corrected chi connectivity index (χ1v) is 4.62. The summed E-state index contributed by atoms with van der Waals surface area (Å²) in [5, 5.41) is 8.09. The Labute approximate surface area is 79.8 Å². The number of aliphatic carboxylic acids is 1. The average molecular weight is 200 g/mol. The Balaban J connectivity index is 2.64. The minimum Gasteiger partial charge on any atom is -0.480 e. The van der Waals surface area contributed by atoms with E-state index >= 15 is 0 Å². The van der Waals surface area contributed by atoms with Crippen molar-refractivity contribution in [2.75, 3.05) is 0 Å². The molecule has 1 aromatic carbocycles. The number of carboxylic acids is 1. The maximum Gasteiger partial charge on any atom is 0.316 e. The smallest absolute Gasteiger partial charge is 0.316 e. The molecule has 0 amide bonds. The molecule has 1 rings (SSSR count). The van der Waals surface area contributed by atoms with Crippen LogP contribution in [0.25, 0.3) is 0 Å². The van der Waals surface area contributed by atoms with E-state index in [0.29, 0.717) is 0 Å². The molecule has 13 heavy (non-hydrogen) atoms. The minimum atomic E-state index is -0.866.